The number of imidazole rings is 1. The Labute approximate surface area is 374 Å². The minimum atomic E-state index is -1.32. The molecule has 2 aromatic rings. The zero-order chi connectivity index (χ0) is 48.1. The van der Waals surface area contributed by atoms with Crippen molar-refractivity contribution in [3.8, 4) is 5.75 Å². The standard InChI is InChI=1S/C43H69N11O10/c1-8-25(6)36(42(62)51-32(19-28-20-46-22-48-28)39(59)49-26(7)37(57)52-33(43(63)64)17-23(2)3)54-40(60)31(18-27-12-14-29(55)15-13-27)50-41(61)35(24(4)5)53-34(56)21-47-38(58)30(45)11-9-10-16-44/h12-15,20,22-26,30-33,35-36,55H,8-11,16-19,21,44-45H2,1-7H3,(H,46,48)(H,47,58)(H,49,59)(H,50,61)(H,51,62)(H,52,57)(H,53,56)(H,54,60)(H,63,64). The smallest absolute Gasteiger partial charge is 0.326 e. The average molecular weight is 900 g/mol. The highest BCUT2D eigenvalue weighted by atomic mass is 16.4. The monoisotopic (exact) mass is 900 g/mol. The summed E-state index contributed by atoms with van der Waals surface area (Å²) < 4.78 is 0. The number of carboxylic acids is 1. The van der Waals surface area contributed by atoms with Gasteiger partial charge in [0.25, 0.3) is 0 Å². The number of carboxylic acid groups (broad SMARTS) is 1. The maximum Gasteiger partial charge on any atom is 0.326 e. The number of aliphatic carboxylic acids is 1. The van der Waals surface area contributed by atoms with Crippen molar-refractivity contribution in [1.82, 2.24) is 47.2 Å². The molecule has 21 heteroatoms. The third kappa shape index (κ3) is 18.7. The van der Waals surface area contributed by atoms with Crippen LogP contribution in [0, 0.1) is 17.8 Å². The number of phenols is 1. The van der Waals surface area contributed by atoms with Crippen LogP contribution in [0.25, 0.3) is 0 Å². The summed E-state index contributed by atoms with van der Waals surface area (Å²) in [6.45, 7) is 11.8. The summed E-state index contributed by atoms with van der Waals surface area (Å²) in [5.41, 5.74) is 12.4. The van der Waals surface area contributed by atoms with Crippen LogP contribution in [-0.4, -0.2) is 123 Å². The number of H-pyrrole nitrogens is 1. The van der Waals surface area contributed by atoms with Gasteiger partial charge in [0.1, 0.15) is 42.0 Å². The molecule has 64 heavy (non-hydrogen) atoms. The van der Waals surface area contributed by atoms with Gasteiger partial charge in [-0.3, -0.25) is 33.6 Å². The van der Waals surface area contributed by atoms with E-state index in [2.05, 4.69) is 47.2 Å². The van der Waals surface area contributed by atoms with E-state index >= 15 is 0 Å². The van der Waals surface area contributed by atoms with Gasteiger partial charge in [-0.2, -0.15) is 0 Å². The number of carbonyl (C=O) groups excluding carboxylic acids is 7. The molecule has 356 valence electrons. The Kier molecular flexibility index (Phi) is 22.9. The third-order valence-electron chi connectivity index (χ3n) is 10.5. The topological polar surface area (TPSA) is 342 Å². The molecule has 8 atom stereocenters. The molecule has 0 aliphatic carbocycles. The molecule has 1 aromatic heterocycles. The van der Waals surface area contributed by atoms with Crippen molar-refractivity contribution in [1.29, 1.82) is 0 Å². The van der Waals surface area contributed by atoms with E-state index in [4.69, 9.17) is 11.5 Å². The van der Waals surface area contributed by atoms with Gasteiger partial charge in [0.15, 0.2) is 0 Å². The van der Waals surface area contributed by atoms with E-state index < -0.39 is 108 Å². The summed E-state index contributed by atoms with van der Waals surface area (Å²) in [5, 5.41) is 37.7. The predicted octanol–water partition coefficient (Wildman–Crippen LogP) is -0.766. The van der Waals surface area contributed by atoms with Crippen LogP contribution >= 0.6 is 0 Å². The van der Waals surface area contributed by atoms with Crippen LogP contribution in [0.4, 0.5) is 0 Å². The van der Waals surface area contributed by atoms with Crippen LogP contribution in [0.15, 0.2) is 36.8 Å². The molecule has 7 amide bonds. The second-order valence-corrected chi connectivity index (χ2v) is 16.8. The number of hydrogen-bond donors (Lipinski definition) is 12. The molecule has 0 radical (unpaired) electrons. The number of nitrogens with two attached hydrogens (primary N) is 2. The summed E-state index contributed by atoms with van der Waals surface area (Å²) in [7, 11) is 0. The Morgan fingerprint density at radius 2 is 1.31 bits per heavy atom. The Hall–Kier alpha value is -6.09. The molecule has 21 nitrogen and oxygen atoms in total. The fraction of sp³-hybridized carbons (Fsp3) is 0.605. The van der Waals surface area contributed by atoms with Crippen molar-refractivity contribution in [2.24, 2.45) is 29.2 Å². The van der Waals surface area contributed by atoms with E-state index in [1.807, 2.05) is 0 Å². The largest absolute Gasteiger partial charge is 0.508 e. The molecule has 0 bridgehead atoms. The van der Waals surface area contributed by atoms with E-state index in [1.54, 1.807) is 53.7 Å². The zero-order valence-corrected chi connectivity index (χ0v) is 37.9. The SMILES string of the molecule is CCC(C)C(NC(=O)C(Cc1ccc(O)cc1)NC(=O)C(NC(=O)CNC(=O)C(N)CCCCN)C(C)C)C(=O)NC(Cc1cnc[nH]1)C(=O)NC(C)C(=O)NC(CC(C)C)C(=O)O. The van der Waals surface area contributed by atoms with Gasteiger partial charge in [-0.15, -0.1) is 0 Å². The van der Waals surface area contributed by atoms with Gasteiger partial charge in [0, 0.05) is 24.7 Å². The summed E-state index contributed by atoms with van der Waals surface area (Å²) in [5.74, 6) is -7.32. The number of aromatic nitrogens is 2. The number of amides is 7. The van der Waals surface area contributed by atoms with Crippen molar-refractivity contribution in [2.45, 2.75) is 136 Å². The number of benzene rings is 1. The third-order valence-corrected chi connectivity index (χ3v) is 10.5. The first kappa shape index (κ1) is 54.0. The number of unbranched alkanes of at least 4 members (excludes halogenated alkanes) is 1. The maximum absolute atomic E-state index is 14.2. The van der Waals surface area contributed by atoms with Gasteiger partial charge in [-0.25, -0.2) is 9.78 Å². The first-order chi connectivity index (χ1) is 30.2. The molecule has 2 rings (SSSR count). The van der Waals surface area contributed by atoms with Crippen LogP contribution in [0.2, 0.25) is 0 Å². The van der Waals surface area contributed by atoms with Gasteiger partial charge in [0.05, 0.1) is 18.9 Å². The van der Waals surface area contributed by atoms with Crippen molar-refractivity contribution in [3.63, 3.8) is 0 Å². The molecule has 0 aliphatic heterocycles. The molecule has 1 heterocycles. The van der Waals surface area contributed by atoms with E-state index in [0.29, 0.717) is 43.5 Å². The number of rotatable bonds is 28. The number of aromatic amines is 1. The number of nitrogens with one attached hydrogen (secondary N) is 8. The summed E-state index contributed by atoms with van der Waals surface area (Å²) >= 11 is 0. The van der Waals surface area contributed by atoms with E-state index in [1.165, 1.54) is 31.6 Å². The Morgan fingerprint density at radius 3 is 1.86 bits per heavy atom. The molecule has 0 spiro atoms. The summed E-state index contributed by atoms with van der Waals surface area (Å²) in [6, 6.07) is -2.38. The van der Waals surface area contributed by atoms with Crippen LogP contribution in [0.5, 0.6) is 5.75 Å². The lowest BCUT2D eigenvalue weighted by Gasteiger charge is -2.30. The highest BCUT2D eigenvalue weighted by molar-refractivity contribution is 5.97. The average Bonchev–Trinajstić information content (AvgIpc) is 3.76. The fourth-order valence-corrected chi connectivity index (χ4v) is 6.45. The molecule has 8 unspecified atom stereocenters. The second kappa shape index (κ2) is 27.2. The van der Waals surface area contributed by atoms with Gasteiger partial charge in [-0.05, 0) is 68.2 Å². The maximum atomic E-state index is 14.2. The van der Waals surface area contributed by atoms with Crippen molar-refractivity contribution in [2.75, 3.05) is 13.1 Å². The summed E-state index contributed by atoms with van der Waals surface area (Å²) in [6.07, 6.45) is 4.87. The Morgan fingerprint density at radius 1 is 0.719 bits per heavy atom. The normalized spacial score (nSPS) is 15.0. The Bertz CT molecular complexity index is 1840. The van der Waals surface area contributed by atoms with Crippen molar-refractivity contribution in [3.05, 3.63) is 48.0 Å². The fourth-order valence-electron chi connectivity index (χ4n) is 6.45. The van der Waals surface area contributed by atoms with Gasteiger partial charge in [-0.1, -0.05) is 66.5 Å². The van der Waals surface area contributed by atoms with Crippen LogP contribution < -0.4 is 48.7 Å². The molecule has 14 N–H and O–H groups in total. The number of carbonyl (C=O) groups is 8. The predicted molar refractivity (Wildman–Crippen MR) is 237 cm³/mol. The van der Waals surface area contributed by atoms with Crippen LogP contribution in [0.1, 0.15) is 91.8 Å². The zero-order valence-electron chi connectivity index (χ0n) is 37.9. The highest BCUT2D eigenvalue weighted by Crippen LogP contribution is 2.15. The molecule has 1 aromatic carbocycles. The molecule has 0 saturated carbocycles. The Balaban J connectivity index is 2.33. The second-order valence-electron chi connectivity index (χ2n) is 16.8. The highest BCUT2D eigenvalue weighted by Gasteiger charge is 2.35. The molecule has 0 aliphatic rings. The van der Waals surface area contributed by atoms with Gasteiger partial charge >= 0.3 is 5.97 Å². The quantitative estimate of drug-likeness (QED) is 0.0468. The molecule has 0 fully saturated rings. The van der Waals surface area contributed by atoms with E-state index in [0.717, 1.165) is 0 Å². The lowest BCUT2D eigenvalue weighted by Crippen LogP contribution is -2.61. The first-order valence-electron chi connectivity index (χ1n) is 21.7. The summed E-state index contributed by atoms with van der Waals surface area (Å²) in [4.78, 5) is 113. The number of hydrogen-bond acceptors (Lipinski definition) is 12. The van der Waals surface area contributed by atoms with Crippen LogP contribution in [-0.2, 0) is 51.2 Å². The van der Waals surface area contributed by atoms with Crippen LogP contribution in [0.3, 0.4) is 0 Å². The van der Waals surface area contributed by atoms with E-state index in [-0.39, 0.29) is 30.9 Å². The lowest BCUT2D eigenvalue weighted by molar-refractivity contribution is -0.142. The van der Waals surface area contributed by atoms with Crippen molar-refractivity contribution >= 4 is 47.3 Å². The van der Waals surface area contributed by atoms with Crippen molar-refractivity contribution < 1.29 is 48.6 Å². The minimum Gasteiger partial charge on any atom is -0.508 e. The molecule has 0 saturated heterocycles. The lowest BCUT2D eigenvalue weighted by atomic mass is 9.96. The van der Waals surface area contributed by atoms with Gasteiger partial charge < -0.3 is 63.9 Å². The first-order valence-corrected chi connectivity index (χ1v) is 21.7. The minimum absolute atomic E-state index is 0.0344. The van der Waals surface area contributed by atoms with Gasteiger partial charge in [0.2, 0.25) is 41.4 Å². The number of nitrogens with zero attached hydrogens (tertiary/aromatic N) is 1. The van der Waals surface area contributed by atoms with E-state index in [9.17, 15) is 48.6 Å². The number of aromatic hydroxyl groups is 1. The molecular weight excluding hydrogens is 831 g/mol. The number of phenolic OH excluding ortho intramolecular Hbond substituents is 1. The molecular formula is C43H69N11O10.